The quantitative estimate of drug-likeness (QED) is 0.382. The molecule has 94 valence electrons. The maximum atomic E-state index is 11.8. The summed E-state index contributed by atoms with van der Waals surface area (Å²) in [6, 6.07) is 6.82. The van der Waals surface area contributed by atoms with Crippen molar-refractivity contribution in [2.24, 2.45) is 0 Å². The third-order valence-electron chi connectivity index (χ3n) is 2.17. The number of anilines is 1. The van der Waals surface area contributed by atoms with Crippen molar-refractivity contribution in [3.05, 3.63) is 54.1 Å². The van der Waals surface area contributed by atoms with Crippen molar-refractivity contribution >= 4 is 24.2 Å². The fraction of sp³-hybridized carbons (Fsp3) is 0. The molecule has 1 N–H and O–H groups in total. The highest BCUT2D eigenvalue weighted by atomic mass is 16.2. The molecule has 0 saturated heterocycles. The van der Waals surface area contributed by atoms with Gasteiger partial charge in [-0.15, -0.1) is 0 Å². The summed E-state index contributed by atoms with van der Waals surface area (Å²) in [5.41, 5.74) is 0.472. The van der Waals surface area contributed by atoms with Gasteiger partial charge in [-0.2, -0.15) is 0 Å². The number of aromatic nitrogens is 3. The lowest BCUT2D eigenvalue weighted by molar-refractivity contribution is -0.115. The van der Waals surface area contributed by atoms with Crippen molar-refractivity contribution in [1.82, 2.24) is 15.0 Å². The molecule has 0 unspecified atom stereocenters. The van der Waals surface area contributed by atoms with E-state index in [9.17, 15) is 9.59 Å². The second-order valence-electron chi connectivity index (χ2n) is 3.50. The number of rotatable bonds is 4. The predicted molar refractivity (Wildman–Crippen MR) is 68.9 cm³/mol. The first-order valence-corrected chi connectivity index (χ1v) is 5.46. The summed E-state index contributed by atoms with van der Waals surface area (Å²) in [4.78, 5) is 34.5. The molecule has 19 heavy (non-hydrogen) atoms. The van der Waals surface area contributed by atoms with E-state index >= 15 is 0 Å². The molecule has 2 heterocycles. The topological polar surface area (TPSA) is 84.8 Å². The first-order valence-electron chi connectivity index (χ1n) is 5.46. The van der Waals surface area contributed by atoms with Crippen LogP contribution >= 0.6 is 0 Å². The van der Waals surface area contributed by atoms with Gasteiger partial charge in [0.15, 0.2) is 6.29 Å². The van der Waals surface area contributed by atoms with E-state index in [1.54, 1.807) is 30.5 Å². The van der Waals surface area contributed by atoms with Crippen LogP contribution in [0, 0.1) is 0 Å². The smallest absolute Gasteiger partial charge is 0.261 e. The largest absolute Gasteiger partial charge is 0.298 e. The fourth-order valence-corrected chi connectivity index (χ4v) is 1.31. The second-order valence-corrected chi connectivity index (χ2v) is 3.50. The maximum absolute atomic E-state index is 11.8. The van der Waals surface area contributed by atoms with Gasteiger partial charge in [-0.3, -0.25) is 19.9 Å². The van der Waals surface area contributed by atoms with Gasteiger partial charge in [0.2, 0.25) is 5.95 Å². The third-order valence-corrected chi connectivity index (χ3v) is 2.17. The van der Waals surface area contributed by atoms with Crippen molar-refractivity contribution in [3.63, 3.8) is 0 Å². The van der Waals surface area contributed by atoms with Gasteiger partial charge in [-0.05, 0) is 24.3 Å². The number of nitrogens with one attached hydrogen (secondary N) is 1. The van der Waals surface area contributed by atoms with Crippen LogP contribution in [0.4, 0.5) is 5.95 Å². The van der Waals surface area contributed by atoms with E-state index < -0.39 is 5.91 Å². The molecule has 0 aromatic carbocycles. The molecule has 0 radical (unpaired) electrons. The van der Waals surface area contributed by atoms with Crippen LogP contribution in [0.1, 0.15) is 5.69 Å². The van der Waals surface area contributed by atoms with Crippen LogP contribution < -0.4 is 5.32 Å². The predicted octanol–water partition coefficient (Wildman–Crippen LogP) is 1.09. The number of hydrogen-bond acceptors (Lipinski definition) is 5. The fourth-order valence-electron chi connectivity index (χ4n) is 1.31. The van der Waals surface area contributed by atoms with Crippen LogP contribution in [0.15, 0.2) is 48.4 Å². The number of carbonyl (C=O) groups excluding carboxylic acids is 2. The third kappa shape index (κ3) is 3.53. The molecule has 0 atom stereocenters. The van der Waals surface area contributed by atoms with E-state index in [-0.39, 0.29) is 11.5 Å². The molecular weight excluding hydrogens is 244 g/mol. The lowest BCUT2D eigenvalue weighted by Gasteiger charge is -2.02. The number of nitrogens with zero attached hydrogens (tertiary/aromatic N) is 3. The number of amides is 1. The molecule has 0 aliphatic heterocycles. The highest BCUT2D eigenvalue weighted by Crippen LogP contribution is 2.04. The van der Waals surface area contributed by atoms with Gasteiger partial charge in [-0.1, -0.05) is 6.07 Å². The van der Waals surface area contributed by atoms with Gasteiger partial charge in [0, 0.05) is 18.6 Å². The summed E-state index contributed by atoms with van der Waals surface area (Å²) in [6.07, 6.45) is 6.42. The Morgan fingerprint density at radius 2 is 1.79 bits per heavy atom. The van der Waals surface area contributed by atoms with Crippen LogP contribution in [0.2, 0.25) is 0 Å². The second kappa shape index (κ2) is 6.15. The zero-order chi connectivity index (χ0) is 13.5. The Balaban J connectivity index is 2.16. The van der Waals surface area contributed by atoms with Crippen LogP contribution in [-0.4, -0.2) is 27.1 Å². The molecule has 1 amide bonds. The lowest BCUT2D eigenvalue weighted by Crippen LogP contribution is -2.17. The van der Waals surface area contributed by atoms with Crippen LogP contribution in [0.25, 0.3) is 6.08 Å². The van der Waals surface area contributed by atoms with Gasteiger partial charge < -0.3 is 0 Å². The molecule has 0 aliphatic rings. The molecule has 2 aromatic rings. The summed E-state index contributed by atoms with van der Waals surface area (Å²) in [6.45, 7) is 0. The van der Waals surface area contributed by atoms with E-state index in [1.807, 2.05) is 0 Å². The number of pyridine rings is 1. The van der Waals surface area contributed by atoms with Gasteiger partial charge in [0.25, 0.3) is 5.91 Å². The van der Waals surface area contributed by atoms with Crippen molar-refractivity contribution in [2.75, 3.05) is 5.32 Å². The monoisotopic (exact) mass is 254 g/mol. The van der Waals surface area contributed by atoms with Crippen LogP contribution in [0.3, 0.4) is 0 Å². The van der Waals surface area contributed by atoms with Crippen molar-refractivity contribution in [2.45, 2.75) is 0 Å². The number of aldehydes is 1. The van der Waals surface area contributed by atoms with E-state index in [4.69, 9.17) is 0 Å². The zero-order valence-electron chi connectivity index (χ0n) is 9.85. The Morgan fingerprint density at radius 3 is 2.42 bits per heavy atom. The molecule has 0 fully saturated rings. The first kappa shape index (κ1) is 12.6. The van der Waals surface area contributed by atoms with E-state index in [0.29, 0.717) is 12.0 Å². The standard InChI is InChI=1S/C13H10N4O2/c18-9-10(8-11-4-1-2-5-14-11)12(19)17-13-15-6-3-7-16-13/h1-9H,(H,15,16,17,19)/b10-8+. The molecule has 6 nitrogen and oxygen atoms in total. The molecule has 0 aliphatic carbocycles. The Labute approximate surface area is 109 Å². The van der Waals surface area contributed by atoms with Gasteiger partial charge >= 0.3 is 0 Å². The number of carbonyl (C=O) groups is 2. The average Bonchev–Trinajstić information content (AvgIpc) is 2.47. The van der Waals surface area contributed by atoms with Crippen LogP contribution in [-0.2, 0) is 9.59 Å². The summed E-state index contributed by atoms with van der Waals surface area (Å²) < 4.78 is 0. The molecule has 0 bridgehead atoms. The van der Waals surface area contributed by atoms with E-state index in [2.05, 4.69) is 20.3 Å². The van der Waals surface area contributed by atoms with Crippen molar-refractivity contribution in [1.29, 1.82) is 0 Å². The summed E-state index contributed by atoms with van der Waals surface area (Å²) >= 11 is 0. The Hall–Kier alpha value is -2.89. The molecule has 0 saturated carbocycles. The maximum Gasteiger partial charge on any atom is 0.261 e. The Morgan fingerprint density at radius 1 is 1.05 bits per heavy atom. The first-order chi connectivity index (χ1) is 9.29. The normalized spacial score (nSPS) is 10.8. The number of hydrogen-bond donors (Lipinski definition) is 1. The average molecular weight is 254 g/mol. The molecule has 2 rings (SSSR count). The van der Waals surface area contributed by atoms with Gasteiger partial charge in [0.05, 0.1) is 11.3 Å². The Bertz CT molecular complexity index is 597. The summed E-state index contributed by atoms with van der Waals surface area (Å²) in [5, 5.41) is 2.42. The molecule has 0 spiro atoms. The van der Waals surface area contributed by atoms with Crippen LogP contribution in [0.5, 0.6) is 0 Å². The minimum atomic E-state index is -0.577. The molecule has 2 aromatic heterocycles. The lowest BCUT2D eigenvalue weighted by atomic mass is 10.2. The van der Waals surface area contributed by atoms with E-state index in [0.717, 1.165) is 0 Å². The highest BCUT2D eigenvalue weighted by Gasteiger charge is 2.10. The zero-order valence-corrected chi connectivity index (χ0v) is 9.85. The summed E-state index contributed by atoms with van der Waals surface area (Å²) in [5.74, 6) is -0.437. The summed E-state index contributed by atoms with van der Waals surface area (Å²) in [7, 11) is 0. The SMILES string of the molecule is O=C/C(=C\c1ccccn1)C(=O)Nc1ncccn1. The van der Waals surface area contributed by atoms with Gasteiger partial charge in [0.1, 0.15) is 0 Å². The van der Waals surface area contributed by atoms with E-state index in [1.165, 1.54) is 18.5 Å². The molecular formula is C13H10N4O2. The van der Waals surface area contributed by atoms with Gasteiger partial charge in [-0.25, -0.2) is 9.97 Å². The highest BCUT2D eigenvalue weighted by molar-refractivity contribution is 6.19. The van der Waals surface area contributed by atoms with Crippen molar-refractivity contribution in [3.8, 4) is 0 Å². The minimum absolute atomic E-state index is 0.0499. The van der Waals surface area contributed by atoms with Crippen molar-refractivity contribution < 1.29 is 9.59 Å². The minimum Gasteiger partial charge on any atom is -0.298 e. The Kier molecular flexibility index (Phi) is 4.07. The molecule has 6 heteroatoms.